The maximum absolute atomic E-state index is 12.7. The van der Waals surface area contributed by atoms with Crippen LogP contribution in [0.15, 0.2) is 36.7 Å². The molecular formula is C39H51BrCs2IKN4O9. The number of carbonyl (C=O) groups excluding carboxylic acids is 5. The van der Waals surface area contributed by atoms with Crippen LogP contribution in [0, 0.1) is 25.7 Å². The molecule has 0 amide bonds. The number of H-pyrrole nitrogens is 1. The van der Waals surface area contributed by atoms with E-state index in [1.54, 1.807) is 18.5 Å². The molecule has 18 heteroatoms. The van der Waals surface area contributed by atoms with Crippen LogP contribution in [0.5, 0.6) is 0 Å². The van der Waals surface area contributed by atoms with Gasteiger partial charge in [-0.1, -0.05) is 15.9 Å². The molecule has 2 aliphatic carbocycles. The fraction of sp³-hybridized carbons (Fsp3) is 0.513. The molecule has 1 N–H and O–H groups in total. The second-order valence-corrected chi connectivity index (χ2v) is 16.4. The van der Waals surface area contributed by atoms with Gasteiger partial charge in [-0.15, -0.1) is 0 Å². The van der Waals surface area contributed by atoms with Gasteiger partial charge in [-0.3, -0.25) is 14.4 Å². The number of nitrogens with one attached hydrogen (secondary N) is 1. The number of aryl methyl sites for hydroxylation is 1. The van der Waals surface area contributed by atoms with Crippen molar-refractivity contribution >= 4 is 68.0 Å². The van der Waals surface area contributed by atoms with Gasteiger partial charge in [-0.2, -0.15) is 0 Å². The molecule has 0 aliphatic heterocycles. The zero-order valence-corrected chi connectivity index (χ0v) is 54.9. The van der Waals surface area contributed by atoms with Gasteiger partial charge >= 0.3 is 201 Å². The van der Waals surface area contributed by atoms with Crippen LogP contribution >= 0.6 is 15.9 Å². The maximum atomic E-state index is 12.7. The largest absolute Gasteiger partial charge is 1.00 e. The summed E-state index contributed by atoms with van der Waals surface area (Å²) in [5.41, 5.74) is 2.91. The number of ketones is 2. The molecule has 298 valence electrons. The molecule has 0 aromatic carbocycles. The molecule has 0 bridgehead atoms. The first-order chi connectivity index (χ1) is 24.7. The molecule has 6 rings (SSSR count). The van der Waals surface area contributed by atoms with Crippen LogP contribution in [0.25, 0.3) is 22.1 Å². The number of nitrogens with zero attached hydrogens (tertiary/aromatic N) is 3. The van der Waals surface area contributed by atoms with Crippen LogP contribution in [0.4, 0.5) is 0 Å². The normalized spacial score (nSPS) is 13.9. The molecule has 0 radical (unpaired) electrons. The molecule has 0 saturated heterocycles. The predicted molar refractivity (Wildman–Crippen MR) is 202 cm³/mol. The van der Waals surface area contributed by atoms with E-state index in [2.05, 4.69) is 35.8 Å². The second-order valence-electron chi connectivity index (χ2n) is 15.1. The number of pyridine rings is 2. The van der Waals surface area contributed by atoms with Gasteiger partial charge in [0.05, 0.1) is 22.0 Å². The van der Waals surface area contributed by atoms with Gasteiger partial charge in [0.2, 0.25) is 0 Å². The van der Waals surface area contributed by atoms with Crippen LogP contribution in [0.3, 0.4) is 0 Å². The Morgan fingerprint density at radius 1 is 0.860 bits per heavy atom. The molecule has 4 heterocycles. The Kier molecular flexibility index (Phi) is 30.1. The van der Waals surface area contributed by atoms with Gasteiger partial charge < -0.3 is 54.6 Å². The number of esters is 2. The Balaban J connectivity index is -0.000000781. The van der Waals surface area contributed by atoms with E-state index < -0.39 is 11.2 Å². The number of halogens is 2. The Bertz CT molecular complexity index is 1960. The molecule has 2 unspecified atom stereocenters. The van der Waals surface area contributed by atoms with E-state index in [-0.39, 0.29) is 256 Å². The van der Waals surface area contributed by atoms with Crippen molar-refractivity contribution in [3.05, 3.63) is 59.2 Å². The fourth-order valence-corrected chi connectivity index (χ4v) is 5.96. The van der Waals surface area contributed by atoms with E-state index in [0.29, 0.717) is 34.1 Å². The maximum Gasteiger partial charge on any atom is 1.00 e. The van der Waals surface area contributed by atoms with Crippen LogP contribution in [-0.2, 0) is 28.7 Å². The first-order valence-corrected chi connectivity index (χ1v) is 18.4. The van der Waals surface area contributed by atoms with Crippen molar-refractivity contribution in [1.82, 2.24) is 19.5 Å². The second kappa shape index (κ2) is 28.1. The third-order valence-electron chi connectivity index (χ3n) is 8.16. The van der Waals surface area contributed by atoms with Crippen molar-refractivity contribution in [3.8, 4) is 0 Å². The predicted octanol–water partition coefficient (Wildman–Crippen LogP) is -5.02. The molecule has 2 saturated carbocycles. The summed E-state index contributed by atoms with van der Waals surface area (Å²) in [5, 5.41) is 9.97. The number of hydrogen-bond acceptors (Lipinski definition) is 11. The van der Waals surface area contributed by atoms with Crippen molar-refractivity contribution in [2.75, 3.05) is 0 Å². The smallest absolute Gasteiger partial charge is 1.00 e. The van der Waals surface area contributed by atoms with Gasteiger partial charge in [0.15, 0.2) is 5.78 Å². The SMILES string of the molecule is CC(Br)C(=O)C1CC1.Cc1[nH]c2ncccc2c1C(=O)OC(C)(C)C.Cc1c(C(=O)OC(C)(C)C)c2cccnc2n1C(C)C(=O)C1CC1.O=CO[O-].[Cs+].[Cs+].[H-].[I-].[K+]. The van der Waals surface area contributed by atoms with Gasteiger partial charge in [0, 0.05) is 46.4 Å². The van der Waals surface area contributed by atoms with Crippen molar-refractivity contribution in [3.63, 3.8) is 0 Å². The van der Waals surface area contributed by atoms with Crippen molar-refractivity contribution in [2.45, 2.75) is 117 Å². The van der Waals surface area contributed by atoms with Crippen molar-refractivity contribution < 1.29 is 258 Å². The third-order valence-corrected chi connectivity index (χ3v) is 8.61. The molecular weight excluding hydrogens is 1180 g/mol. The number of fused-ring (bicyclic) bond motifs is 2. The summed E-state index contributed by atoms with van der Waals surface area (Å²) < 4.78 is 12.8. The summed E-state index contributed by atoms with van der Waals surface area (Å²) in [5.74, 6) is 0.480. The van der Waals surface area contributed by atoms with Crippen LogP contribution < -0.4 is 218 Å². The third kappa shape index (κ3) is 19.4. The van der Waals surface area contributed by atoms with Gasteiger partial charge in [-0.05, 0) is 119 Å². The minimum absolute atomic E-state index is 0. The van der Waals surface area contributed by atoms with E-state index in [1.165, 1.54) is 0 Å². The molecule has 13 nitrogen and oxygen atoms in total. The summed E-state index contributed by atoms with van der Waals surface area (Å²) in [6.07, 6.45) is 7.55. The minimum Gasteiger partial charge on any atom is -1.00 e. The Hall–Kier alpha value is 2.04. The average Bonchev–Trinajstić information content (AvgIpc) is 4.01. The average molecular weight is 1230 g/mol. The summed E-state index contributed by atoms with van der Waals surface area (Å²) in [7, 11) is 0. The molecule has 2 fully saturated rings. The summed E-state index contributed by atoms with van der Waals surface area (Å²) >= 11 is 3.23. The molecule has 4 aromatic heterocycles. The molecule has 4 aromatic rings. The summed E-state index contributed by atoms with van der Waals surface area (Å²) in [4.78, 5) is 71.2. The quantitative estimate of drug-likeness (QED) is 0.0340. The number of ether oxygens (including phenoxy) is 2. The van der Waals surface area contributed by atoms with Gasteiger partial charge in [-0.25, -0.2) is 19.6 Å². The Morgan fingerprint density at radius 3 is 1.72 bits per heavy atom. The summed E-state index contributed by atoms with van der Waals surface area (Å²) in [6, 6.07) is 7.01. The number of aromatic amines is 1. The first kappa shape index (κ1) is 61.1. The standard InChI is InChI=1S/C19H24N2O3.C13H16N2O2.C6H9BrO.CH2O3.2Cs.HI.K.H/c1-11-15(18(23)24-19(3,4)5)14-7-6-10-20-17(14)21(11)12(2)16(22)13-8-9-13;1-8-10(12(16)17-13(2,3)4)9-6-5-7-14-11(9)15-8;1-4(7)6(8)5-2-3-5;2-1-4-3;;;;;/h6-7,10,12-13H,8-9H2,1-5H3;5-7H,1-4H3,(H,14,15);4-5H,2-3H2,1H3;1,3H;;;1H;;/q;;;;2*+1;;+1;-1/p-2. The monoisotopic (exact) mass is 1230 g/mol. The molecule has 0 spiro atoms. The number of carbonyl (C=O) groups is 5. The first-order valence-electron chi connectivity index (χ1n) is 17.5. The number of hydrogen-bond donors (Lipinski definition) is 1. The Labute approximate surface area is 522 Å². The number of Topliss-reactive ketones (excluding diaryl/α,β-unsaturated/α-hetero) is 2. The zero-order chi connectivity index (χ0) is 39.8. The topological polar surface area (TPSA) is 183 Å². The molecule has 2 atom stereocenters. The van der Waals surface area contributed by atoms with Crippen LogP contribution in [-0.4, -0.2) is 65.5 Å². The van der Waals surface area contributed by atoms with Crippen LogP contribution in [0.1, 0.15) is 121 Å². The number of alkyl halides is 1. The number of rotatable bonds is 8. The molecule has 57 heavy (non-hydrogen) atoms. The van der Waals surface area contributed by atoms with E-state index >= 15 is 0 Å². The van der Waals surface area contributed by atoms with Crippen molar-refractivity contribution in [2.24, 2.45) is 11.8 Å². The van der Waals surface area contributed by atoms with E-state index in [1.807, 2.05) is 92.0 Å². The fourth-order valence-electron chi connectivity index (χ4n) is 5.59. The number of aromatic nitrogens is 4. The van der Waals surface area contributed by atoms with E-state index in [9.17, 15) is 19.2 Å². The van der Waals surface area contributed by atoms with Crippen LogP contribution in [0.2, 0.25) is 0 Å². The van der Waals surface area contributed by atoms with E-state index in [4.69, 9.17) is 19.5 Å². The van der Waals surface area contributed by atoms with Gasteiger partial charge in [0.1, 0.15) is 28.3 Å². The van der Waals surface area contributed by atoms with E-state index in [0.717, 1.165) is 47.8 Å². The Morgan fingerprint density at radius 2 is 1.30 bits per heavy atom. The van der Waals surface area contributed by atoms with Gasteiger partial charge in [0.25, 0.3) is 6.47 Å². The molecule has 2 aliphatic rings. The zero-order valence-electron chi connectivity index (χ0n) is 36.5. The summed E-state index contributed by atoms with van der Waals surface area (Å²) in [6.45, 7) is 18.4. The minimum atomic E-state index is -0.574. The van der Waals surface area contributed by atoms with Crippen molar-refractivity contribution in [1.29, 1.82) is 0 Å².